The monoisotopic (exact) mass is 385 g/mol. The van der Waals surface area contributed by atoms with Crippen molar-refractivity contribution in [2.45, 2.75) is 66.0 Å². The SMILES string of the molecule is CC(C)N1CCn2c(cccc2=O)C1.CC(C)N1CCn2c(nccc2=O)C1. The van der Waals surface area contributed by atoms with Crippen LogP contribution in [0.5, 0.6) is 0 Å². The summed E-state index contributed by atoms with van der Waals surface area (Å²) < 4.78 is 3.64. The van der Waals surface area contributed by atoms with E-state index >= 15 is 0 Å². The first-order valence-electron chi connectivity index (χ1n) is 10.1. The first-order chi connectivity index (χ1) is 13.4. The zero-order valence-corrected chi connectivity index (χ0v) is 17.3. The van der Waals surface area contributed by atoms with Crippen LogP contribution in [-0.2, 0) is 26.2 Å². The van der Waals surface area contributed by atoms with Gasteiger partial charge in [0.05, 0.1) is 6.54 Å². The van der Waals surface area contributed by atoms with Gasteiger partial charge in [0.25, 0.3) is 11.1 Å². The Balaban J connectivity index is 0.000000161. The molecule has 0 radical (unpaired) electrons. The summed E-state index contributed by atoms with van der Waals surface area (Å²) in [5.41, 5.74) is 1.33. The predicted octanol–water partition coefficient (Wildman–Crippen LogP) is 1.54. The molecule has 152 valence electrons. The highest BCUT2D eigenvalue weighted by Gasteiger charge is 2.19. The normalized spacial score (nSPS) is 17.1. The minimum atomic E-state index is 0.0680. The summed E-state index contributed by atoms with van der Waals surface area (Å²) in [6.07, 6.45) is 1.60. The second-order valence-corrected chi connectivity index (χ2v) is 7.99. The summed E-state index contributed by atoms with van der Waals surface area (Å²) in [5.74, 6) is 0.887. The molecule has 7 nitrogen and oxygen atoms in total. The molecule has 2 aromatic heterocycles. The Bertz CT molecular complexity index is 840. The number of rotatable bonds is 2. The quantitative estimate of drug-likeness (QED) is 0.785. The van der Waals surface area contributed by atoms with Crippen molar-refractivity contribution in [1.82, 2.24) is 23.9 Å². The molecule has 0 fully saturated rings. The second-order valence-electron chi connectivity index (χ2n) is 7.99. The van der Waals surface area contributed by atoms with Gasteiger partial charge in [-0.2, -0.15) is 0 Å². The van der Waals surface area contributed by atoms with Gasteiger partial charge in [-0.25, -0.2) is 4.98 Å². The van der Waals surface area contributed by atoms with Crippen molar-refractivity contribution < 1.29 is 0 Å². The van der Waals surface area contributed by atoms with Crippen molar-refractivity contribution in [3.05, 3.63) is 62.7 Å². The molecule has 4 heterocycles. The zero-order chi connectivity index (χ0) is 20.3. The molecule has 0 spiro atoms. The molecular formula is C21H31N5O2. The van der Waals surface area contributed by atoms with Gasteiger partial charge in [-0.05, 0) is 33.8 Å². The Morgan fingerprint density at radius 3 is 2.07 bits per heavy atom. The van der Waals surface area contributed by atoms with Gasteiger partial charge in [0.2, 0.25) is 0 Å². The van der Waals surface area contributed by atoms with Crippen molar-refractivity contribution >= 4 is 0 Å². The number of aromatic nitrogens is 3. The number of hydrogen-bond acceptors (Lipinski definition) is 5. The van der Waals surface area contributed by atoms with Gasteiger partial charge >= 0.3 is 0 Å². The topological polar surface area (TPSA) is 63.4 Å². The van der Waals surface area contributed by atoms with Crippen molar-refractivity contribution in [3.63, 3.8) is 0 Å². The third-order valence-corrected chi connectivity index (χ3v) is 5.55. The van der Waals surface area contributed by atoms with E-state index < -0.39 is 0 Å². The number of fused-ring (bicyclic) bond motifs is 2. The molecule has 0 saturated carbocycles. The number of pyridine rings is 1. The molecule has 7 heteroatoms. The average Bonchev–Trinajstić information content (AvgIpc) is 2.68. The molecule has 0 bridgehead atoms. The molecule has 4 rings (SSSR count). The van der Waals surface area contributed by atoms with Crippen LogP contribution in [0.2, 0.25) is 0 Å². The van der Waals surface area contributed by atoms with Crippen LogP contribution in [0.1, 0.15) is 39.2 Å². The van der Waals surface area contributed by atoms with E-state index in [2.05, 4.69) is 42.5 Å². The third-order valence-electron chi connectivity index (χ3n) is 5.55. The van der Waals surface area contributed by atoms with Crippen molar-refractivity contribution in [2.75, 3.05) is 13.1 Å². The number of nitrogens with zero attached hydrogens (tertiary/aromatic N) is 5. The Kier molecular flexibility index (Phi) is 6.46. The van der Waals surface area contributed by atoms with Crippen LogP contribution in [0, 0.1) is 0 Å². The Morgan fingerprint density at radius 1 is 0.786 bits per heavy atom. The summed E-state index contributed by atoms with van der Waals surface area (Å²) in [5, 5.41) is 0. The zero-order valence-electron chi connectivity index (χ0n) is 17.3. The van der Waals surface area contributed by atoms with E-state index in [9.17, 15) is 9.59 Å². The minimum absolute atomic E-state index is 0.0680. The smallest absolute Gasteiger partial charge is 0.253 e. The Labute approximate surface area is 166 Å². The summed E-state index contributed by atoms with van der Waals surface area (Å²) in [4.78, 5) is 31.9. The molecule has 28 heavy (non-hydrogen) atoms. The fraction of sp³-hybridized carbons (Fsp3) is 0.571. The lowest BCUT2D eigenvalue weighted by Gasteiger charge is -2.32. The second kappa shape index (κ2) is 8.84. The van der Waals surface area contributed by atoms with E-state index in [1.165, 1.54) is 6.07 Å². The molecule has 2 aliphatic heterocycles. The lowest BCUT2D eigenvalue weighted by atomic mass is 10.2. The van der Waals surface area contributed by atoms with Crippen molar-refractivity contribution in [1.29, 1.82) is 0 Å². The van der Waals surface area contributed by atoms with Crippen molar-refractivity contribution in [3.8, 4) is 0 Å². The average molecular weight is 386 g/mol. The molecule has 0 aliphatic carbocycles. The number of hydrogen-bond donors (Lipinski definition) is 0. The van der Waals surface area contributed by atoms with E-state index in [-0.39, 0.29) is 11.1 Å². The van der Waals surface area contributed by atoms with Gasteiger partial charge in [-0.1, -0.05) is 6.07 Å². The van der Waals surface area contributed by atoms with Gasteiger partial charge in [0.1, 0.15) is 5.82 Å². The first-order valence-corrected chi connectivity index (χ1v) is 10.1. The Morgan fingerprint density at radius 2 is 1.39 bits per heavy atom. The summed E-state index contributed by atoms with van der Waals surface area (Å²) in [6.45, 7) is 13.9. The molecule has 0 saturated heterocycles. The molecule has 0 N–H and O–H groups in total. The largest absolute Gasteiger partial charge is 0.310 e. The molecule has 2 aromatic rings. The van der Waals surface area contributed by atoms with Crippen LogP contribution in [0.3, 0.4) is 0 Å². The fourth-order valence-corrected chi connectivity index (χ4v) is 3.68. The first kappa shape index (κ1) is 20.5. The molecule has 0 aromatic carbocycles. The minimum Gasteiger partial charge on any atom is -0.310 e. The summed E-state index contributed by atoms with van der Waals surface area (Å²) >= 11 is 0. The van der Waals surface area contributed by atoms with E-state index in [0.717, 1.165) is 50.8 Å². The van der Waals surface area contributed by atoms with Crippen molar-refractivity contribution in [2.24, 2.45) is 0 Å². The van der Waals surface area contributed by atoms with E-state index in [1.54, 1.807) is 16.8 Å². The van der Waals surface area contributed by atoms with Crippen LogP contribution >= 0.6 is 0 Å². The van der Waals surface area contributed by atoms with Crippen LogP contribution in [0.25, 0.3) is 0 Å². The van der Waals surface area contributed by atoms with Crippen LogP contribution in [0.15, 0.2) is 40.1 Å². The van der Waals surface area contributed by atoms with Crippen LogP contribution in [-0.4, -0.2) is 49.1 Å². The molecule has 0 unspecified atom stereocenters. The van der Waals surface area contributed by atoms with Gasteiger partial charge in [0, 0.05) is 68.8 Å². The van der Waals surface area contributed by atoms with E-state index in [1.807, 2.05) is 16.7 Å². The summed E-state index contributed by atoms with van der Waals surface area (Å²) in [6, 6.07) is 8.11. The standard InChI is InChI=1S/C11H16N2O.C10H15N3O/c1-9(2)12-6-7-13-10(8-12)4-3-5-11(13)14;1-8(2)12-5-6-13-9(7-12)11-4-3-10(13)14/h3-5,9H,6-8H2,1-2H3;3-4,8H,5-7H2,1-2H3. The van der Waals surface area contributed by atoms with E-state index in [4.69, 9.17) is 0 Å². The van der Waals surface area contributed by atoms with Gasteiger partial charge in [-0.15, -0.1) is 0 Å². The maximum atomic E-state index is 11.5. The maximum Gasteiger partial charge on any atom is 0.253 e. The predicted molar refractivity (Wildman–Crippen MR) is 110 cm³/mol. The molecular weight excluding hydrogens is 354 g/mol. The lowest BCUT2D eigenvalue weighted by Crippen LogP contribution is -2.42. The van der Waals surface area contributed by atoms with Gasteiger partial charge in [0.15, 0.2) is 0 Å². The molecule has 2 aliphatic rings. The lowest BCUT2D eigenvalue weighted by molar-refractivity contribution is 0.169. The molecule has 0 amide bonds. The molecule has 0 atom stereocenters. The van der Waals surface area contributed by atoms with Crippen LogP contribution < -0.4 is 11.1 Å². The highest BCUT2D eigenvalue weighted by Crippen LogP contribution is 2.12. The highest BCUT2D eigenvalue weighted by molar-refractivity contribution is 5.08. The summed E-state index contributed by atoms with van der Waals surface area (Å²) in [7, 11) is 0. The fourth-order valence-electron chi connectivity index (χ4n) is 3.68. The van der Waals surface area contributed by atoms with Crippen LogP contribution in [0.4, 0.5) is 0 Å². The highest BCUT2D eigenvalue weighted by atomic mass is 16.1. The van der Waals surface area contributed by atoms with E-state index in [0.29, 0.717) is 12.1 Å². The van der Waals surface area contributed by atoms with Gasteiger partial charge < -0.3 is 4.57 Å². The third kappa shape index (κ3) is 4.59. The maximum absolute atomic E-state index is 11.5. The van der Waals surface area contributed by atoms with Gasteiger partial charge in [-0.3, -0.25) is 24.0 Å². The Hall–Kier alpha value is -2.25.